The topological polar surface area (TPSA) is 88.9 Å². The van der Waals surface area contributed by atoms with Crippen LogP contribution in [0.3, 0.4) is 0 Å². The van der Waals surface area contributed by atoms with Gasteiger partial charge in [0.15, 0.2) is 5.65 Å². The van der Waals surface area contributed by atoms with Gasteiger partial charge in [-0.15, -0.1) is 0 Å². The van der Waals surface area contributed by atoms with Gasteiger partial charge in [0.05, 0.1) is 17.1 Å². The van der Waals surface area contributed by atoms with E-state index in [1.165, 1.54) is 0 Å². The van der Waals surface area contributed by atoms with Crippen LogP contribution < -0.4 is 10.6 Å². The molecule has 1 aliphatic heterocycles. The van der Waals surface area contributed by atoms with E-state index in [4.69, 9.17) is 0 Å². The van der Waals surface area contributed by atoms with Crippen LogP contribution in [0.25, 0.3) is 11.0 Å². The maximum atomic E-state index is 12.8. The molecule has 0 aromatic carbocycles. The van der Waals surface area contributed by atoms with Crippen molar-refractivity contribution in [2.75, 3.05) is 6.54 Å². The van der Waals surface area contributed by atoms with Crippen molar-refractivity contribution in [2.24, 2.45) is 0 Å². The molecule has 2 aromatic rings. The van der Waals surface area contributed by atoms with Gasteiger partial charge in [-0.2, -0.15) is 5.10 Å². The maximum Gasteiger partial charge on any atom is 0.252 e. The number of carbonyl (C=O) groups excluding carboxylic acids is 2. The molecule has 0 aliphatic carbocycles. The lowest BCUT2D eigenvalue weighted by Crippen LogP contribution is -2.45. The van der Waals surface area contributed by atoms with Crippen LogP contribution in [-0.4, -0.2) is 39.2 Å². The van der Waals surface area contributed by atoms with Gasteiger partial charge in [0.1, 0.15) is 6.04 Å². The fraction of sp³-hybridized carbons (Fsp3) is 0.529. The smallest absolute Gasteiger partial charge is 0.252 e. The third-order valence-corrected chi connectivity index (χ3v) is 4.27. The van der Waals surface area contributed by atoms with Gasteiger partial charge >= 0.3 is 0 Å². The maximum absolute atomic E-state index is 12.8. The Bertz CT molecular complexity index is 781. The number of pyridine rings is 1. The second-order valence-electron chi connectivity index (χ2n) is 6.54. The number of rotatable bonds is 3. The zero-order valence-corrected chi connectivity index (χ0v) is 14.3. The van der Waals surface area contributed by atoms with Crippen molar-refractivity contribution in [1.82, 2.24) is 25.4 Å². The zero-order chi connectivity index (χ0) is 17.3. The van der Waals surface area contributed by atoms with Gasteiger partial charge in [-0.3, -0.25) is 9.59 Å². The van der Waals surface area contributed by atoms with E-state index in [9.17, 15) is 9.59 Å². The second-order valence-corrected chi connectivity index (χ2v) is 6.54. The van der Waals surface area contributed by atoms with E-state index in [2.05, 4.69) is 20.7 Å². The van der Waals surface area contributed by atoms with Crippen LogP contribution >= 0.6 is 0 Å². The summed E-state index contributed by atoms with van der Waals surface area (Å²) in [5.74, 6) is -0.364. The summed E-state index contributed by atoms with van der Waals surface area (Å²) in [5, 5.41) is 10.8. The molecule has 3 heterocycles. The Morgan fingerprint density at radius 1 is 1.42 bits per heavy atom. The molecule has 0 saturated carbocycles. The highest BCUT2D eigenvalue weighted by atomic mass is 16.2. The molecule has 7 nitrogen and oxygen atoms in total. The standard InChI is InChI=1S/C17H23N5O2/c1-10(2)22-15-13(9-19-22)12(8-11(3)20-15)16(23)21-14-6-4-5-7-18-17(14)24/h8-10,14H,4-7H2,1-3H3,(H,18,24)(H,21,23)/t14-/m0/s1. The lowest BCUT2D eigenvalue weighted by Gasteiger charge is -2.16. The number of nitrogens with one attached hydrogen (secondary N) is 2. The summed E-state index contributed by atoms with van der Waals surface area (Å²) in [7, 11) is 0. The lowest BCUT2D eigenvalue weighted by atomic mass is 10.1. The Balaban J connectivity index is 1.93. The van der Waals surface area contributed by atoms with E-state index in [0.717, 1.165) is 18.5 Å². The summed E-state index contributed by atoms with van der Waals surface area (Å²) in [6.07, 6.45) is 4.19. The third-order valence-electron chi connectivity index (χ3n) is 4.27. The van der Waals surface area contributed by atoms with Gasteiger partial charge < -0.3 is 10.6 Å². The number of fused-ring (bicyclic) bond motifs is 1. The molecule has 0 radical (unpaired) electrons. The first-order chi connectivity index (χ1) is 11.5. The quantitative estimate of drug-likeness (QED) is 0.897. The minimum Gasteiger partial charge on any atom is -0.354 e. The van der Waals surface area contributed by atoms with Gasteiger partial charge in [0.2, 0.25) is 5.91 Å². The fourth-order valence-electron chi connectivity index (χ4n) is 3.02. The molecular formula is C17H23N5O2. The molecule has 128 valence electrons. The summed E-state index contributed by atoms with van der Waals surface area (Å²) in [6.45, 7) is 6.56. The highest BCUT2D eigenvalue weighted by Gasteiger charge is 2.24. The second kappa shape index (κ2) is 6.59. The fourth-order valence-corrected chi connectivity index (χ4v) is 3.02. The van der Waals surface area contributed by atoms with Crippen LogP contribution in [0, 0.1) is 6.92 Å². The first-order valence-electron chi connectivity index (χ1n) is 8.41. The Morgan fingerprint density at radius 2 is 2.21 bits per heavy atom. The number of carbonyl (C=O) groups is 2. The van der Waals surface area contributed by atoms with Crippen molar-refractivity contribution < 1.29 is 9.59 Å². The largest absolute Gasteiger partial charge is 0.354 e. The predicted octanol–water partition coefficient (Wildman–Crippen LogP) is 1.72. The van der Waals surface area contributed by atoms with E-state index in [1.807, 2.05) is 20.8 Å². The van der Waals surface area contributed by atoms with Crippen LogP contribution in [0.5, 0.6) is 0 Å². The van der Waals surface area contributed by atoms with Gasteiger partial charge in [-0.1, -0.05) is 0 Å². The van der Waals surface area contributed by atoms with Crippen molar-refractivity contribution in [3.63, 3.8) is 0 Å². The summed E-state index contributed by atoms with van der Waals surface area (Å²) >= 11 is 0. The number of aromatic nitrogens is 3. The summed E-state index contributed by atoms with van der Waals surface area (Å²) in [6, 6.07) is 1.42. The van der Waals surface area contributed by atoms with Gasteiger partial charge in [0.25, 0.3) is 5.91 Å². The number of aryl methyl sites for hydroxylation is 1. The lowest BCUT2D eigenvalue weighted by molar-refractivity contribution is -0.122. The normalized spacial score (nSPS) is 18.5. The SMILES string of the molecule is Cc1cc(C(=O)N[C@H]2CCCCNC2=O)c2cnn(C(C)C)c2n1. The number of amides is 2. The van der Waals surface area contributed by atoms with Crippen molar-refractivity contribution in [2.45, 2.75) is 52.1 Å². The molecule has 0 spiro atoms. The molecule has 0 unspecified atom stereocenters. The van der Waals surface area contributed by atoms with Crippen LogP contribution in [0.1, 0.15) is 55.2 Å². The first kappa shape index (κ1) is 16.4. The van der Waals surface area contributed by atoms with Gasteiger partial charge in [0, 0.05) is 18.3 Å². The van der Waals surface area contributed by atoms with Crippen molar-refractivity contribution in [3.8, 4) is 0 Å². The van der Waals surface area contributed by atoms with Crippen molar-refractivity contribution >= 4 is 22.8 Å². The van der Waals surface area contributed by atoms with E-state index in [-0.39, 0.29) is 17.9 Å². The van der Waals surface area contributed by atoms with Crippen LogP contribution in [-0.2, 0) is 4.79 Å². The first-order valence-corrected chi connectivity index (χ1v) is 8.41. The van der Waals surface area contributed by atoms with E-state index >= 15 is 0 Å². The molecule has 2 amide bonds. The highest BCUT2D eigenvalue weighted by Crippen LogP contribution is 2.21. The average molecular weight is 329 g/mol. The minimum absolute atomic E-state index is 0.110. The average Bonchev–Trinajstić information content (AvgIpc) is 2.85. The number of nitrogens with zero attached hydrogens (tertiary/aromatic N) is 3. The number of hydrogen-bond acceptors (Lipinski definition) is 4. The van der Waals surface area contributed by atoms with E-state index in [0.29, 0.717) is 29.6 Å². The van der Waals surface area contributed by atoms with Crippen molar-refractivity contribution in [3.05, 3.63) is 23.5 Å². The highest BCUT2D eigenvalue weighted by molar-refractivity contribution is 6.06. The Hall–Kier alpha value is -2.44. The Labute approximate surface area is 140 Å². The molecule has 24 heavy (non-hydrogen) atoms. The van der Waals surface area contributed by atoms with Gasteiger partial charge in [-0.05, 0) is 46.1 Å². The molecular weight excluding hydrogens is 306 g/mol. The third kappa shape index (κ3) is 3.11. The van der Waals surface area contributed by atoms with Gasteiger partial charge in [-0.25, -0.2) is 9.67 Å². The molecule has 2 N–H and O–H groups in total. The van der Waals surface area contributed by atoms with Crippen molar-refractivity contribution in [1.29, 1.82) is 0 Å². The van der Waals surface area contributed by atoms with E-state index < -0.39 is 6.04 Å². The summed E-state index contributed by atoms with van der Waals surface area (Å²) in [5.41, 5.74) is 1.96. The molecule has 1 saturated heterocycles. The van der Waals surface area contributed by atoms with Crippen LogP contribution in [0.4, 0.5) is 0 Å². The Kier molecular flexibility index (Phi) is 4.51. The molecule has 2 aromatic heterocycles. The summed E-state index contributed by atoms with van der Waals surface area (Å²) < 4.78 is 1.80. The molecule has 0 bridgehead atoms. The molecule has 1 aliphatic rings. The molecule has 3 rings (SSSR count). The molecule has 1 atom stereocenters. The van der Waals surface area contributed by atoms with Crippen LogP contribution in [0.15, 0.2) is 12.3 Å². The molecule has 1 fully saturated rings. The zero-order valence-electron chi connectivity index (χ0n) is 14.3. The number of hydrogen-bond donors (Lipinski definition) is 2. The predicted molar refractivity (Wildman–Crippen MR) is 90.8 cm³/mol. The van der Waals surface area contributed by atoms with E-state index in [1.54, 1.807) is 16.9 Å². The molecule has 7 heteroatoms. The summed E-state index contributed by atoms with van der Waals surface area (Å²) in [4.78, 5) is 29.3. The van der Waals surface area contributed by atoms with Crippen LogP contribution in [0.2, 0.25) is 0 Å². The minimum atomic E-state index is -0.483. The Morgan fingerprint density at radius 3 is 2.96 bits per heavy atom. The monoisotopic (exact) mass is 329 g/mol.